The Morgan fingerprint density at radius 3 is 0.885 bits per heavy atom. The summed E-state index contributed by atoms with van der Waals surface area (Å²) in [6.07, 6.45) is 99.8. The number of carbonyl (C=O) groups excluding carboxylic acids is 2. The number of hydrogen-bond acceptors (Lipinski definition) is 5. The number of allylic oxidation sites excluding steroid dienone is 5. The molecule has 0 rings (SSSR count). The molecule has 0 aromatic heterocycles. The van der Waals surface area contributed by atoms with Gasteiger partial charge in [0.15, 0.2) is 0 Å². The molecule has 0 fully saturated rings. The fraction of sp³-hybridized carbons (Fsp3) is 0.901. The van der Waals surface area contributed by atoms with E-state index < -0.39 is 12.1 Å². The molecule has 0 aromatic rings. The number of nitrogens with one attached hydrogen (secondary N) is 1. The lowest BCUT2D eigenvalue weighted by Gasteiger charge is -2.20. The maximum Gasteiger partial charge on any atom is 0.305 e. The van der Waals surface area contributed by atoms with Crippen molar-refractivity contribution in [2.45, 2.75) is 456 Å². The van der Waals surface area contributed by atoms with E-state index in [4.69, 9.17) is 4.74 Å². The van der Waals surface area contributed by atoms with Crippen LogP contribution < -0.4 is 5.32 Å². The van der Waals surface area contributed by atoms with Crippen LogP contribution in [-0.4, -0.2) is 47.4 Å². The molecule has 0 bridgehead atoms. The van der Waals surface area contributed by atoms with Crippen LogP contribution in [0.15, 0.2) is 36.5 Å². The van der Waals surface area contributed by atoms with Crippen molar-refractivity contribution in [2.75, 3.05) is 13.2 Å². The minimum atomic E-state index is -0.842. The van der Waals surface area contributed by atoms with Crippen molar-refractivity contribution in [1.82, 2.24) is 5.32 Å². The first kappa shape index (κ1) is 85.1. The number of hydrogen-bond donors (Lipinski definition) is 3. The lowest BCUT2D eigenvalue weighted by molar-refractivity contribution is -0.143. The molecule has 0 aromatic carbocycles. The average Bonchev–Trinajstić information content (AvgIpc) is 3.56. The Hall–Kier alpha value is -1.92. The molecule has 0 spiro atoms. The molecule has 2 unspecified atom stereocenters. The van der Waals surface area contributed by atoms with Gasteiger partial charge in [-0.3, -0.25) is 9.59 Å². The second kappa shape index (κ2) is 76.5. The van der Waals surface area contributed by atoms with Crippen LogP contribution in [0.5, 0.6) is 0 Å². The zero-order valence-electron chi connectivity index (χ0n) is 59.0. The Balaban J connectivity index is 3.33. The predicted octanol–water partition coefficient (Wildman–Crippen LogP) is 26.2. The van der Waals surface area contributed by atoms with Gasteiger partial charge in [-0.15, -0.1) is 0 Å². The third-order valence-corrected chi connectivity index (χ3v) is 18.7. The van der Waals surface area contributed by atoms with Crippen molar-refractivity contribution >= 4 is 11.9 Å². The molecule has 0 saturated heterocycles. The number of rotatable bonds is 75. The summed E-state index contributed by atoms with van der Waals surface area (Å²) in [7, 11) is 0. The van der Waals surface area contributed by atoms with Gasteiger partial charge in [0, 0.05) is 12.8 Å². The van der Waals surface area contributed by atoms with E-state index >= 15 is 0 Å². The van der Waals surface area contributed by atoms with Crippen LogP contribution in [0, 0.1) is 0 Å². The summed E-state index contributed by atoms with van der Waals surface area (Å²) in [4.78, 5) is 24.6. The molecule has 0 saturated carbocycles. The summed E-state index contributed by atoms with van der Waals surface area (Å²) in [6, 6.07) is -0.625. The van der Waals surface area contributed by atoms with Crippen molar-refractivity contribution < 1.29 is 24.5 Å². The summed E-state index contributed by atoms with van der Waals surface area (Å²) in [5.74, 6) is -0.0443. The van der Waals surface area contributed by atoms with E-state index in [0.29, 0.717) is 19.4 Å². The SMILES string of the molecule is CCCCCC/C=C\C/C=C\CCCCCCCCCC(=O)OCCCCCCCCCCCCCCCCCCCCCCCCCCCCCCCCCCCC(=O)NC(CO)C(O)/C=C/CCCCCCCCCCCCCCCCCCC. The lowest BCUT2D eigenvalue weighted by Crippen LogP contribution is -2.45. The van der Waals surface area contributed by atoms with E-state index in [1.54, 1.807) is 6.08 Å². The first-order valence-electron chi connectivity index (χ1n) is 39.8. The Morgan fingerprint density at radius 1 is 0.322 bits per heavy atom. The molecule has 0 aliphatic carbocycles. The molecule has 87 heavy (non-hydrogen) atoms. The van der Waals surface area contributed by atoms with Crippen LogP contribution in [-0.2, 0) is 14.3 Å². The smallest absolute Gasteiger partial charge is 0.305 e. The summed E-state index contributed by atoms with van der Waals surface area (Å²) >= 11 is 0. The first-order valence-corrected chi connectivity index (χ1v) is 39.8. The van der Waals surface area contributed by atoms with Gasteiger partial charge in [-0.05, 0) is 64.2 Å². The molecule has 6 nitrogen and oxygen atoms in total. The molecule has 2 atom stereocenters. The van der Waals surface area contributed by atoms with Crippen LogP contribution in [0.1, 0.15) is 444 Å². The lowest BCUT2D eigenvalue weighted by atomic mass is 10.0. The quantitative estimate of drug-likeness (QED) is 0.0320. The molecule has 6 heteroatoms. The van der Waals surface area contributed by atoms with Crippen molar-refractivity contribution in [2.24, 2.45) is 0 Å². The molecule has 0 radical (unpaired) electrons. The standard InChI is InChI=1S/C81H155NO5/c1-3-5-7-9-11-13-15-17-19-21-38-41-45-49-53-57-61-65-69-73-79(84)78(77-83)82-80(85)74-70-66-62-58-54-50-46-42-39-36-34-32-30-28-26-24-23-25-27-29-31-33-35-37-40-44-48-52-56-60-64-68-72-76-87-81(86)75-71-67-63-59-55-51-47-43-22-20-18-16-14-12-10-8-6-4-2/h14,16,20,22,69,73,78-79,83-84H,3-13,15,17-19,21,23-68,70-72,74-77H2,1-2H3,(H,82,85)/b16-14-,22-20-,73-69+. The predicted molar refractivity (Wildman–Crippen MR) is 384 cm³/mol. The maximum absolute atomic E-state index is 12.5. The van der Waals surface area contributed by atoms with Gasteiger partial charge < -0.3 is 20.3 Å². The van der Waals surface area contributed by atoms with Crippen molar-refractivity contribution in [1.29, 1.82) is 0 Å². The first-order chi connectivity index (χ1) is 43.0. The van der Waals surface area contributed by atoms with Crippen LogP contribution in [0.3, 0.4) is 0 Å². The Bertz CT molecular complexity index is 1410. The number of aliphatic hydroxyl groups is 2. The number of aliphatic hydroxyl groups excluding tert-OH is 2. The van der Waals surface area contributed by atoms with Crippen molar-refractivity contribution in [3.05, 3.63) is 36.5 Å². The second-order valence-corrected chi connectivity index (χ2v) is 27.4. The van der Waals surface area contributed by atoms with Crippen LogP contribution in [0.4, 0.5) is 0 Å². The highest BCUT2D eigenvalue weighted by molar-refractivity contribution is 5.76. The Kier molecular flexibility index (Phi) is 74.8. The molecule has 514 valence electrons. The van der Waals surface area contributed by atoms with E-state index in [-0.39, 0.29) is 18.5 Å². The van der Waals surface area contributed by atoms with Crippen molar-refractivity contribution in [3.63, 3.8) is 0 Å². The Labute approximate surface area is 544 Å². The van der Waals surface area contributed by atoms with Gasteiger partial charge in [0.1, 0.15) is 0 Å². The zero-order chi connectivity index (χ0) is 62.8. The fourth-order valence-electron chi connectivity index (χ4n) is 12.6. The molecular weight excluding hydrogens is 1070 g/mol. The minimum Gasteiger partial charge on any atom is -0.466 e. The third-order valence-electron chi connectivity index (χ3n) is 18.7. The highest BCUT2D eigenvalue weighted by Gasteiger charge is 2.18. The van der Waals surface area contributed by atoms with E-state index in [0.717, 1.165) is 51.4 Å². The molecular formula is C81H155NO5. The number of esters is 1. The number of carbonyl (C=O) groups is 2. The van der Waals surface area contributed by atoms with Crippen LogP contribution >= 0.6 is 0 Å². The zero-order valence-corrected chi connectivity index (χ0v) is 59.0. The van der Waals surface area contributed by atoms with Gasteiger partial charge in [0.2, 0.25) is 5.91 Å². The summed E-state index contributed by atoms with van der Waals surface area (Å²) < 4.78 is 5.51. The topological polar surface area (TPSA) is 95.9 Å². The van der Waals surface area contributed by atoms with Gasteiger partial charge >= 0.3 is 5.97 Å². The van der Waals surface area contributed by atoms with Gasteiger partial charge in [-0.25, -0.2) is 0 Å². The summed E-state index contributed by atoms with van der Waals surface area (Å²) in [5.41, 5.74) is 0. The molecule has 0 aliphatic heterocycles. The van der Waals surface area contributed by atoms with Gasteiger partial charge in [-0.1, -0.05) is 403 Å². The number of ether oxygens (including phenoxy) is 1. The van der Waals surface area contributed by atoms with E-state index in [9.17, 15) is 19.8 Å². The monoisotopic (exact) mass is 1220 g/mol. The summed E-state index contributed by atoms with van der Waals surface area (Å²) in [6.45, 7) is 4.93. The van der Waals surface area contributed by atoms with E-state index in [1.165, 1.54) is 366 Å². The maximum atomic E-state index is 12.5. The largest absolute Gasteiger partial charge is 0.466 e. The summed E-state index contributed by atoms with van der Waals surface area (Å²) in [5, 5.41) is 23.3. The highest BCUT2D eigenvalue weighted by Crippen LogP contribution is 2.20. The average molecular weight is 1220 g/mol. The fourth-order valence-corrected chi connectivity index (χ4v) is 12.6. The van der Waals surface area contributed by atoms with Crippen LogP contribution in [0.25, 0.3) is 0 Å². The van der Waals surface area contributed by atoms with Crippen molar-refractivity contribution in [3.8, 4) is 0 Å². The Morgan fingerprint density at radius 2 is 0.575 bits per heavy atom. The molecule has 0 heterocycles. The number of unbranched alkanes of at least 4 members (excludes halogenated alkanes) is 60. The molecule has 0 aliphatic rings. The second-order valence-electron chi connectivity index (χ2n) is 27.4. The van der Waals surface area contributed by atoms with Crippen LogP contribution in [0.2, 0.25) is 0 Å². The van der Waals surface area contributed by atoms with E-state index in [1.807, 2.05) is 6.08 Å². The third kappa shape index (κ3) is 73.0. The molecule has 1 amide bonds. The van der Waals surface area contributed by atoms with Gasteiger partial charge in [0.25, 0.3) is 0 Å². The normalized spacial score (nSPS) is 12.6. The van der Waals surface area contributed by atoms with Gasteiger partial charge in [0.05, 0.1) is 25.4 Å². The van der Waals surface area contributed by atoms with E-state index in [2.05, 4.69) is 43.5 Å². The minimum absolute atomic E-state index is 0.0148. The van der Waals surface area contributed by atoms with Gasteiger partial charge in [-0.2, -0.15) is 0 Å². The molecule has 3 N–H and O–H groups in total. The highest BCUT2D eigenvalue weighted by atomic mass is 16.5. The number of amides is 1.